The number of rotatable bonds is 1. The number of aromatic nitrogens is 1. The Morgan fingerprint density at radius 1 is 1.11 bits per heavy atom. The molecule has 0 radical (unpaired) electrons. The molecular formula is C9H5F6NO2. The molecule has 1 heterocycles. The predicted molar refractivity (Wildman–Crippen MR) is 45.6 cm³/mol. The first-order chi connectivity index (χ1) is 8.05. The molecule has 0 atom stereocenters. The Labute approximate surface area is 96.4 Å². The normalized spacial score (nSPS) is 12.4. The minimum Gasteiger partial charge on any atom is -0.464 e. The van der Waals surface area contributed by atoms with Crippen molar-refractivity contribution >= 4 is 5.97 Å². The van der Waals surface area contributed by atoms with Gasteiger partial charge in [-0.1, -0.05) is 0 Å². The Morgan fingerprint density at radius 2 is 1.67 bits per heavy atom. The van der Waals surface area contributed by atoms with Crippen molar-refractivity contribution in [3.05, 3.63) is 29.1 Å². The van der Waals surface area contributed by atoms with E-state index in [1.54, 1.807) is 0 Å². The number of hydrogen-bond acceptors (Lipinski definition) is 3. The SMILES string of the molecule is COC(=O)c1cc(C(F)(F)F)cc(C(F)(F)F)n1. The molecule has 0 amide bonds. The topological polar surface area (TPSA) is 39.2 Å². The third-order valence-corrected chi connectivity index (χ3v) is 1.84. The van der Waals surface area contributed by atoms with Gasteiger partial charge in [0.15, 0.2) is 0 Å². The average molecular weight is 273 g/mol. The van der Waals surface area contributed by atoms with Crippen molar-refractivity contribution in [2.75, 3.05) is 7.11 Å². The van der Waals surface area contributed by atoms with Crippen LogP contribution in [0.15, 0.2) is 12.1 Å². The maximum Gasteiger partial charge on any atom is 0.433 e. The number of esters is 1. The largest absolute Gasteiger partial charge is 0.464 e. The minimum atomic E-state index is -5.09. The molecule has 18 heavy (non-hydrogen) atoms. The number of nitrogens with zero attached hydrogens (tertiary/aromatic N) is 1. The van der Waals surface area contributed by atoms with Crippen molar-refractivity contribution < 1.29 is 35.9 Å². The van der Waals surface area contributed by atoms with Crippen molar-refractivity contribution in [1.82, 2.24) is 4.98 Å². The standard InChI is InChI=1S/C9H5F6NO2/c1-18-7(17)5-2-4(8(10,11)12)3-6(16-5)9(13,14)15/h2-3H,1H3. The van der Waals surface area contributed by atoms with Crippen molar-refractivity contribution in [3.8, 4) is 0 Å². The molecule has 1 aromatic rings. The van der Waals surface area contributed by atoms with Gasteiger partial charge in [-0.3, -0.25) is 0 Å². The third kappa shape index (κ3) is 3.11. The number of carbonyl (C=O) groups excluding carboxylic acids is 1. The molecule has 0 aromatic carbocycles. The zero-order valence-corrected chi connectivity index (χ0v) is 8.69. The van der Waals surface area contributed by atoms with Gasteiger partial charge < -0.3 is 4.74 Å². The fourth-order valence-corrected chi connectivity index (χ4v) is 1.05. The molecule has 3 nitrogen and oxygen atoms in total. The monoisotopic (exact) mass is 273 g/mol. The maximum absolute atomic E-state index is 12.4. The van der Waals surface area contributed by atoms with Crippen molar-refractivity contribution in [1.29, 1.82) is 0 Å². The highest BCUT2D eigenvalue weighted by Crippen LogP contribution is 2.34. The fraction of sp³-hybridized carbons (Fsp3) is 0.333. The van der Waals surface area contributed by atoms with Crippen molar-refractivity contribution in [2.24, 2.45) is 0 Å². The molecule has 0 saturated carbocycles. The highest BCUT2D eigenvalue weighted by atomic mass is 19.4. The first kappa shape index (κ1) is 14.3. The molecule has 1 rings (SSSR count). The maximum atomic E-state index is 12.4. The summed E-state index contributed by atoms with van der Waals surface area (Å²) in [5, 5.41) is 0. The number of hydrogen-bond donors (Lipinski definition) is 0. The summed E-state index contributed by atoms with van der Waals surface area (Å²) in [5.74, 6) is -1.38. The van der Waals surface area contributed by atoms with Crippen LogP contribution in [0.2, 0.25) is 0 Å². The van der Waals surface area contributed by atoms with Gasteiger partial charge >= 0.3 is 18.3 Å². The number of carbonyl (C=O) groups is 1. The highest BCUT2D eigenvalue weighted by Gasteiger charge is 2.38. The number of alkyl halides is 6. The molecule has 0 aliphatic carbocycles. The van der Waals surface area contributed by atoms with Crippen molar-refractivity contribution in [3.63, 3.8) is 0 Å². The summed E-state index contributed by atoms with van der Waals surface area (Å²) in [5.41, 5.74) is -4.48. The summed E-state index contributed by atoms with van der Waals surface area (Å²) < 4.78 is 78.1. The molecular weight excluding hydrogens is 268 g/mol. The van der Waals surface area contributed by atoms with Crippen LogP contribution >= 0.6 is 0 Å². The summed E-state index contributed by atoms with van der Waals surface area (Å²) in [6.45, 7) is 0. The van der Waals surface area contributed by atoms with E-state index >= 15 is 0 Å². The van der Waals surface area contributed by atoms with Gasteiger partial charge in [0, 0.05) is 0 Å². The van der Waals surface area contributed by atoms with Crippen LogP contribution < -0.4 is 0 Å². The Morgan fingerprint density at radius 3 is 2.06 bits per heavy atom. The van der Waals surface area contributed by atoms with Crippen LogP contribution in [0.1, 0.15) is 21.7 Å². The molecule has 0 spiro atoms. The van der Waals surface area contributed by atoms with E-state index in [4.69, 9.17) is 0 Å². The zero-order chi connectivity index (χ0) is 14.1. The smallest absolute Gasteiger partial charge is 0.433 e. The summed E-state index contributed by atoms with van der Waals surface area (Å²) in [4.78, 5) is 13.7. The summed E-state index contributed by atoms with van der Waals surface area (Å²) in [7, 11) is 0.817. The van der Waals surface area contributed by atoms with Crippen LogP contribution in [0.25, 0.3) is 0 Å². The second kappa shape index (κ2) is 4.46. The quantitative estimate of drug-likeness (QED) is 0.583. The van der Waals surface area contributed by atoms with E-state index in [-0.39, 0.29) is 12.1 Å². The molecule has 0 aliphatic heterocycles. The Hall–Kier alpha value is -1.80. The lowest BCUT2D eigenvalue weighted by Gasteiger charge is -2.12. The summed E-state index contributed by atoms with van der Waals surface area (Å²) >= 11 is 0. The first-order valence-electron chi connectivity index (χ1n) is 4.30. The van der Waals surface area contributed by atoms with E-state index in [1.807, 2.05) is 0 Å². The predicted octanol–water partition coefficient (Wildman–Crippen LogP) is 2.91. The van der Waals surface area contributed by atoms with E-state index in [0.29, 0.717) is 0 Å². The van der Waals surface area contributed by atoms with Gasteiger partial charge in [0.05, 0.1) is 12.7 Å². The molecule has 0 saturated heterocycles. The van der Waals surface area contributed by atoms with Crippen molar-refractivity contribution in [2.45, 2.75) is 12.4 Å². The second-order valence-electron chi connectivity index (χ2n) is 3.11. The molecule has 0 N–H and O–H groups in total. The third-order valence-electron chi connectivity index (χ3n) is 1.84. The van der Waals surface area contributed by atoms with Crippen LogP contribution in [0, 0.1) is 0 Å². The summed E-state index contributed by atoms with van der Waals surface area (Å²) in [6.07, 6.45) is -10.1. The van der Waals surface area contributed by atoms with Gasteiger partial charge in [-0.15, -0.1) is 0 Å². The lowest BCUT2D eigenvalue weighted by atomic mass is 10.1. The van der Waals surface area contributed by atoms with Crippen LogP contribution in [0.4, 0.5) is 26.3 Å². The van der Waals surface area contributed by atoms with Gasteiger partial charge in [0.2, 0.25) is 0 Å². The summed E-state index contributed by atoms with van der Waals surface area (Å²) in [6, 6.07) is 0.0213. The lowest BCUT2D eigenvalue weighted by molar-refractivity contribution is -0.145. The fourth-order valence-electron chi connectivity index (χ4n) is 1.05. The van der Waals surface area contributed by atoms with Gasteiger partial charge in [-0.25, -0.2) is 9.78 Å². The first-order valence-corrected chi connectivity index (χ1v) is 4.30. The van der Waals surface area contributed by atoms with Gasteiger partial charge in [0.25, 0.3) is 0 Å². The Kier molecular flexibility index (Phi) is 3.54. The molecule has 0 unspecified atom stereocenters. The second-order valence-corrected chi connectivity index (χ2v) is 3.11. The number of methoxy groups -OCH3 is 1. The van der Waals surface area contributed by atoms with Crippen LogP contribution in [0.3, 0.4) is 0 Å². The molecule has 0 bridgehead atoms. The van der Waals surface area contributed by atoms with E-state index < -0.39 is 35.3 Å². The van der Waals surface area contributed by atoms with E-state index in [0.717, 1.165) is 7.11 Å². The molecule has 1 aromatic heterocycles. The van der Waals surface area contributed by atoms with Crippen LogP contribution in [-0.2, 0) is 17.1 Å². The average Bonchev–Trinajstić information content (AvgIpc) is 2.25. The molecule has 0 fully saturated rings. The van der Waals surface area contributed by atoms with Gasteiger partial charge in [-0.05, 0) is 12.1 Å². The Balaban J connectivity index is 3.44. The minimum absolute atomic E-state index is 0.174. The van der Waals surface area contributed by atoms with E-state index in [1.165, 1.54) is 0 Å². The molecule has 0 aliphatic rings. The van der Waals surface area contributed by atoms with Gasteiger partial charge in [-0.2, -0.15) is 26.3 Å². The number of ether oxygens (including phenoxy) is 1. The highest BCUT2D eigenvalue weighted by molar-refractivity contribution is 5.87. The lowest BCUT2D eigenvalue weighted by Crippen LogP contribution is -2.17. The Bertz CT molecular complexity index is 433. The zero-order valence-electron chi connectivity index (χ0n) is 8.69. The molecule has 9 heteroatoms. The van der Waals surface area contributed by atoms with E-state index in [9.17, 15) is 31.1 Å². The van der Waals surface area contributed by atoms with E-state index in [2.05, 4.69) is 9.72 Å². The van der Waals surface area contributed by atoms with Crippen LogP contribution in [-0.4, -0.2) is 18.1 Å². The number of halogens is 6. The van der Waals surface area contributed by atoms with Gasteiger partial charge in [0.1, 0.15) is 11.4 Å². The molecule has 100 valence electrons. The van der Waals surface area contributed by atoms with Crippen LogP contribution in [0.5, 0.6) is 0 Å². The number of pyridine rings is 1.